The van der Waals surface area contributed by atoms with E-state index in [1.54, 1.807) is 7.05 Å². The molecule has 0 spiro atoms. The number of carboxylic acid groups (broad SMARTS) is 2. The molecule has 1 aliphatic rings. The van der Waals surface area contributed by atoms with Crippen LogP contribution in [-0.2, 0) is 32.1 Å². The van der Waals surface area contributed by atoms with Crippen molar-refractivity contribution in [3.8, 4) is 12.3 Å². The number of hydrogen-bond acceptors (Lipinski definition) is 6. The Bertz CT molecular complexity index is 1270. The summed E-state index contributed by atoms with van der Waals surface area (Å²) in [5, 5.41) is 17.5. The van der Waals surface area contributed by atoms with E-state index in [9.17, 15) is 14.4 Å². The van der Waals surface area contributed by atoms with Crippen LogP contribution in [0.4, 0.5) is 11.4 Å². The van der Waals surface area contributed by atoms with E-state index in [0.29, 0.717) is 18.7 Å². The van der Waals surface area contributed by atoms with Crippen molar-refractivity contribution >= 4 is 40.8 Å². The highest BCUT2D eigenvalue weighted by atomic mass is 35.5. The van der Waals surface area contributed by atoms with Crippen LogP contribution in [0.5, 0.6) is 0 Å². The SMILES string of the molecule is C#CCON(C)C(=O)/C=C/CN(C)CCCCN1c2ccccc2CCc2ccc(Cl)cc21.O=C(O)/C=C\C(=O)O. The van der Waals surface area contributed by atoms with E-state index in [4.69, 9.17) is 33.1 Å². The quantitative estimate of drug-likeness (QED) is 0.162. The summed E-state index contributed by atoms with van der Waals surface area (Å²) < 4.78 is 0. The number of halogens is 1. The largest absolute Gasteiger partial charge is 0.478 e. The van der Waals surface area contributed by atoms with Crippen molar-refractivity contribution in [3.63, 3.8) is 0 Å². The molecule has 218 valence electrons. The van der Waals surface area contributed by atoms with Crippen molar-refractivity contribution in [1.29, 1.82) is 0 Å². The number of nitrogens with zero attached hydrogens (tertiary/aromatic N) is 3. The van der Waals surface area contributed by atoms with E-state index in [0.717, 1.165) is 48.9 Å². The molecule has 2 aromatic rings. The van der Waals surface area contributed by atoms with Gasteiger partial charge in [0.25, 0.3) is 5.91 Å². The number of amides is 1. The van der Waals surface area contributed by atoms with Crippen molar-refractivity contribution in [2.24, 2.45) is 0 Å². The number of carbonyl (C=O) groups excluding carboxylic acids is 1. The number of aryl methyl sites for hydroxylation is 2. The summed E-state index contributed by atoms with van der Waals surface area (Å²) in [6.07, 6.45) is 13.8. The van der Waals surface area contributed by atoms with E-state index >= 15 is 0 Å². The minimum Gasteiger partial charge on any atom is -0.478 e. The normalized spacial score (nSPS) is 12.2. The Hall–Kier alpha value is -4.10. The Balaban J connectivity index is 0.000000642. The number of aliphatic carboxylic acids is 2. The Labute approximate surface area is 246 Å². The second-order valence-corrected chi connectivity index (χ2v) is 9.68. The summed E-state index contributed by atoms with van der Waals surface area (Å²) in [5.41, 5.74) is 5.23. The second kappa shape index (κ2) is 17.6. The summed E-state index contributed by atoms with van der Waals surface area (Å²) in [7, 11) is 3.61. The lowest BCUT2D eigenvalue weighted by Gasteiger charge is -2.27. The first-order chi connectivity index (χ1) is 19.6. The van der Waals surface area contributed by atoms with Crippen LogP contribution in [0.1, 0.15) is 24.0 Å². The molecule has 0 saturated carbocycles. The molecule has 10 heteroatoms. The minimum absolute atomic E-state index is 0.0775. The Morgan fingerprint density at radius 2 is 1.66 bits per heavy atom. The fraction of sp³-hybridized carbons (Fsp3) is 0.323. The Morgan fingerprint density at radius 3 is 2.32 bits per heavy atom. The van der Waals surface area contributed by atoms with Gasteiger partial charge in [-0.05, 0) is 68.6 Å². The molecule has 0 unspecified atom stereocenters. The first-order valence-electron chi connectivity index (χ1n) is 13.1. The number of likely N-dealkylation sites (N-methyl/N-ethyl adjacent to an activating group) is 2. The van der Waals surface area contributed by atoms with Gasteiger partial charge in [0.1, 0.15) is 6.61 Å². The van der Waals surface area contributed by atoms with Gasteiger partial charge < -0.3 is 20.0 Å². The van der Waals surface area contributed by atoms with Crippen molar-refractivity contribution in [3.05, 3.63) is 82.9 Å². The number of para-hydroxylation sites is 1. The molecular weight excluding hydrogens is 546 g/mol. The molecule has 9 nitrogen and oxygen atoms in total. The molecule has 1 heterocycles. The van der Waals surface area contributed by atoms with Crippen molar-refractivity contribution in [2.45, 2.75) is 25.7 Å². The fourth-order valence-electron chi connectivity index (χ4n) is 4.15. The highest BCUT2D eigenvalue weighted by Gasteiger charge is 2.20. The molecule has 0 saturated heterocycles. The van der Waals surface area contributed by atoms with Gasteiger partial charge in [-0.2, -0.15) is 0 Å². The third kappa shape index (κ3) is 11.9. The number of carboxylic acids is 2. The van der Waals surface area contributed by atoms with Gasteiger partial charge in [0, 0.05) is 54.8 Å². The fourth-order valence-corrected chi connectivity index (χ4v) is 4.31. The van der Waals surface area contributed by atoms with Crippen molar-refractivity contribution < 1.29 is 29.4 Å². The lowest BCUT2D eigenvalue weighted by Crippen LogP contribution is -2.26. The third-order valence-corrected chi connectivity index (χ3v) is 6.39. The summed E-state index contributed by atoms with van der Waals surface area (Å²) in [5.74, 6) is -0.401. The maximum Gasteiger partial charge on any atom is 0.328 e. The van der Waals surface area contributed by atoms with Gasteiger partial charge in [-0.25, -0.2) is 14.7 Å². The van der Waals surface area contributed by atoms with Crippen LogP contribution in [0.3, 0.4) is 0 Å². The maximum absolute atomic E-state index is 11.9. The van der Waals surface area contributed by atoms with Crippen molar-refractivity contribution in [1.82, 2.24) is 9.96 Å². The zero-order chi connectivity index (χ0) is 30.2. The number of rotatable bonds is 12. The number of benzene rings is 2. The summed E-state index contributed by atoms with van der Waals surface area (Å²) >= 11 is 6.36. The maximum atomic E-state index is 11.9. The molecule has 41 heavy (non-hydrogen) atoms. The lowest BCUT2D eigenvalue weighted by molar-refractivity contribution is -0.167. The van der Waals surface area contributed by atoms with Crippen LogP contribution >= 0.6 is 11.6 Å². The monoisotopic (exact) mass is 581 g/mol. The van der Waals surface area contributed by atoms with Gasteiger partial charge in [0.15, 0.2) is 0 Å². The van der Waals surface area contributed by atoms with Crippen LogP contribution in [0, 0.1) is 12.3 Å². The average Bonchev–Trinajstić information content (AvgIpc) is 3.09. The number of carbonyl (C=O) groups is 3. The molecule has 2 N–H and O–H groups in total. The highest BCUT2D eigenvalue weighted by molar-refractivity contribution is 6.30. The topological polar surface area (TPSA) is 111 Å². The van der Waals surface area contributed by atoms with Crippen LogP contribution < -0.4 is 4.90 Å². The molecule has 0 bridgehead atoms. The molecule has 1 amide bonds. The molecule has 0 fully saturated rings. The van der Waals surface area contributed by atoms with Crippen LogP contribution in [0.25, 0.3) is 0 Å². The number of fused-ring (bicyclic) bond motifs is 2. The predicted molar refractivity (Wildman–Crippen MR) is 160 cm³/mol. The third-order valence-electron chi connectivity index (χ3n) is 6.15. The van der Waals surface area contributed by atoms with E-state index in [2.05, 4.69) is 59.2 Å². The molecule has 1 aliphatic heterocycles. The summed E-state index contributed by atoms with van der Waals surface area (Å²) in [6, 6.07) is 14.9. The smallest absolute Gasteiger partial charge is 0.328 e. The van der Waals surface area contributed by atoms with E-state index in [-0.39, 0.29) is 12.5 Å². The van der Waals surface area contributed by atoms with Gasteiger partial charge in [-0.1, -0.05) is 47.9 Å². The Kier molecular flexibility index (Phi) is 14.2. The zero-order valence-corrected chi connectivity index (χ0v) is 24.1. The number of unbranched alkanes of at least 4 members (excludes halogenated alkanes) is 1. The zero-order valence-electron chi connectivity index (χ0n) is 23.3. The number of anilines is 2. The van der Waals surface area contributed by atoms with Gasteiger partial charge in [-0.15, -0.1) is 6.42 Å². The summed E-state index contributed by atoms with van der Waals surface area (Å²) in [6.45, 7) is 2.65. The molecule has 2 aromatic carbocycles. The molecule has 0 aliphatic carbocycles. The van der Waals surface area contributed by atoms with Crippen LogP contribution in [-0.4, -0.2) is 78.4 Å². The van der Waals surface area contributed by atoms with Gasteiger partial charge in [0.05, 0.1) is 0 Å². The van der Waals surface area contributed by atoms with Gasteiger partial charge in [-0.3, -0.25) is 9.63 Å². The van der Waals surface area contributed by atoms with E-state index in [1.165, 1.54) is 28.6 Å². The van der Waals surface area contributed by atoms with Gasteiger partial charge in [0.2, 0.25) is 0 Å². The minimum atomic E-state index is -1.26. The van der Waals surface area contributed by atoms with Gasteiger partial charge >= 0.3 is 11.9 Å². The second-order valence-electron chi connectivity index (χ2n) is 9.25. The van der Waals surface area contributed by atoms with E-state index < -0.39 is 11.9 Å². The lowest BCUT2D eigenvalue weighted by atomic mass is 10.0. The van der Waals surface area contributed by atoms with Crippen molar-refractivity contribution in [2.75, 3.05) is 45.2 Å². The number of hydroxylamine groups is 2. The molecule has 3 rings (SSSR count). The first-order valence-corrected chi connectivity index (χ1v) is 13.5. The van der Waals surface area contributed by atoms with E-state index in [1.807, 2.05) is 12.1 Å². The van der Waals surface area contributed by atoms with Crippen LogP contribution in [0.2, 0.25) is 5.02 Å². The highest BCUT2D eigenvalue weighted by Crippen LogP contribution is 2.37. The molecule has 0 aromatic heterocycles. The number of hydrogen-bond donors (Lipinski definition) is 2. The molecule has 0 radical (unpaired) electrons. The van der Waals surface area contributed by atoms with Crippen LogP contribution in [0.15, 0.2) is 66.8 Å². The Morgan fingerprint density at radius 1 is 1.00 bits per heavy atom. The predicted octanol–water partition coefficient (Wildman–Crippen LogP) is 4.58. The average molecular weight is 582 g/mol. The summed E-state index contributed by atoms with van der Waals surface area (Å²) in [4.78, 5) is 40.7. The first kappa shape index (κ1) is 33.1. The number of terminal acetylenes is 1. The molecule has 0 atom stereocenters. The standard InChI is InChI=1S/C27H32ClN3O2.C4H4O4/c1-4-20-33-30(3)27(32)12-9-18-29(2)17-7-8-19-31-25-11-6-5-10-22(25)13-14-23-15-16-24(28)21-26(23)31;5-3(6)1-2-4(7)8/h1,5-6,9-12,15-16,21H,7-8,13-14,17-20H2,2-3H3;1-2H,(H,5,6)(H,7,8)/b12-9+;2-1-. The molecular formula is C31H36ClN3O6.